The van der Waals surface area contributed by atoms with Crippen LogP contribution >= 0.6 is 0 Å². The van der Waals surface area contributed by atoms with E-state index in [0.29, 0.717) is 30.9 Å². The molecule has 0 aromatic heterocycles. The predicted octanol–water partition coefficient (Wildman–Crippen LogP) is 3.01. The molecule has 1 N–H and O–H groups in total. The summed E-state index contributed by atoms with van der Waals surface area (Å²) in [5, 5.41) is 3.16. The molecule has 5 heteroatoms. The number of nitrogens with one attached hydrogen (secondary N) is 1. The van der Waals surface area contributed by atoms with E-state index in [1.807, 2.05) is 18.2 Å². The van der Waals surface area contributed by atoms with Crippen molar-refractivity contribution in [3.8, 4) is 5.75 Å². The summed E-state index contributed by atoms with van der Waals surface area (Å²) in [7, 11) is 0. The summed E-state index contributed by atoms with van der Waals surface area (Å²) in [4.78, 5) is 23.2. The lowest BCUT2D eigenvalue weighted by atomic mass is 10.0. The molecule has 2 aromatic carbocycles. The van der Waals surface area contributed by atoms with Gasteiger partial charge in [0.15, 0.2) is 5.78 Å². The van der Waals surface area contributed by atoms with Gasteiger partial charge in [-0.15, -0.1) is 0 Å². The Morgan fingerprint density at radius 3 is 2.31 bits per heavy atom. The van der Waals surface area contributed by atoms with Gasteiger partial charge >= 0.3 is 5.97 Å². The van der Waals surface area contributed by atoms with Crippen molar-refractivity contribution in [1.29, 1.82) is 0 Å². The Kier molecular flexibility index (Phi) is 8.09. The molecule has 136 valence electrons. The number of ketones is 1. The highest BCUT2D eigenvalue weighted by atomic mass is 16.5. The zero-order chi connectivity index (χ0) is 18.6. The lowest BCUT2D eigenvalue weighted by molar-refractivity contribution is -0.137. The second-order valence-corrected chi connectivity index (χ2v) is 5.54. The summed E-state index contributed by atoms with van der Waals surface area (Å²) < 4.78 is 10.5. The van der Waals surface area contributed by atoms with Crippen LogP contribution in [0.4, 0.5) is 0 Å². The molecule has 0 atom stereocenters. The average molecular weight is 353 g/mol. The number of benzene rings is 2. The maximum atomic E-state index is 12.3. The van der Waals surface area contributed by atoms with Crippen molar-refractivity contribution in [2.45, 2.75) is 6.42 Å². The summed E-state index contributed by atoms with van der Waals surface area (Å²) in [5.74, 6) is 0.317. The van der Waals surface area contributed by atoms with Crippen LogP contribution < -0.4 is 10.1 Å². The van der Waals surface area contributed by atoms with Crippen LogP contribution in [0.25, 0.3) is 0 Å². The Morgan fingerprint density at radius 2 is 1.62 bits per heavy atom. The van der Waals surface area contributed by atoms with Crippen LogP contribution in [0.15, 0.2) is 67.3 Å². The van der Waals surface area contributed by atoms with Gasteiger partial charge in [-0.2, -0.15) is 0 Å². The molecule has 2 rings (SSSR count). The van der Waals surface area contributed by atoms with Gasteiger partial charge in [-0.25, -0.2) is 4.79 Å². The van der Waals surface area contributed by atoms with Crippen molar-refractivity contribution >= 4 is 11.8 Å². The van der Waals surface area contributed by atoms with Crippen LogP contribution in [0.2, 0.25) is 0 Å². The zero-order valence-corrected chi connectivity index (χ0v) is 14.6. The van der Waals surface area contributed by atoms with E-state index in [2.05, 4.69) is 11.9 Å². The van der Waals surface area contributed by atoms with Gasteiger partial charge in [-0.05, 0) is 37.2 Å². The average Bonchev–Trinajstić information content (AvgIpc) is 2.70. The molecular formula is C21H23NO4. The van der Waals surface area contributed by atoms with E-state index in [1.165, 1.54) is 0 Å². The summed E-state index contributed by atoms with van der Waals surface area (Å²) in [5.41, 5.74) is 1.31. The SMILES string of the molecule is C=CC(=O)OCCNCCCOc1ccc(C(=O)c2ccccc2)cc1. The molecule has 26 heavy (non-hydrogen) atoms. The molecule has 0 heterocycles. The van der Waals surface area contributed by atoms with Crippen LogP contribution in [-0.4, -0.2) is 38.1 Å². The second kappa shape index (κ2) is 10.8. The van der Waals surface area contributed by atoms with Crippen molar-refractivity contribution in [2.24, 2.45) is 0 Å². The largest absolute Gasteiger partial charge is 0.494 e. The highest BCUT2D eigenvalue weighted by molar-refractivity contribution is 6.08. The van der Waals surface area contributed by atoms with Crippen LogP contribution in [-0.2, 0) is 9.53 Å². The highest BCUT2D eigenvalue weighted by Gasteiger charge is 2.08. The minimum absolute atomic E-state index is 0.00138. The van der Waals surface area contributed by atoms with Crippen LogP contribution in [0.5, 0.6) is 5.75 Å². The summed E-state index contributed by atoms with van der Waals surface area (Å²) in [6.45, 7) is 5.57. The number of carbonyl (C=O) groups is 2. The Balaban J connectivity index is 1.64. The third kappa shape index (κ3) is 6.53. The Morgan fingerprint density at radius 1 is 0.923 bits per heavy atom. The zero-order valence-electron chi connectivity index (χ0n) is 14.6. The molecule has 0 fully saturated rings. The van der Waals surface area contributed by atoms with E-state index in [9.17, 15) is 9.59 Å². The molecule has 0 saturated heterocycles. The fraction of sp³-hybridized carbons (Fsp3) is 0.238. The summed E-state index contributed by atoms with van der Waals surface area (Å²) in [6, 6.07) is 16.3. The van der Waals surface area contributed by atoms with Crippen molar-refractivity contribution in [3.63, 3.8) is 0 Å². The van der Waals surface area contributed by atoms with Gasteiger partial charge in [-0.3, -0.25) is 4.79 Å². The van der Waals surface area contributed by atoms with Gasteiger partial charge in [0.05, 0.1) is 6.61 Å². The fourth-order valence-electron chi connectivity index (χ4n) is 2.25. The number of hydrogen-bond acceptors (Lipinski definition) is 5. The number of ether oxygens (including phenoxy) is 2. The first-order valence-corrected chi connectivity index (χ1v) is 8.53. The minimum Gasteiger partial charge on any atom is -0.494 e. The molecule has 0 aliphatic heterocycles. The molecule has 5 nitrogen and oxygen atoms in total. The smallest absolute Gasteiger partial charge is 0.330 e. The van der Waals surface area contributed by atoms with Gasteiger partial charge in [0.2, 0.25) is 0 Å². The highest BCUT2D eigenvalue weighted by Crippen LogP contribution is 2.15. The molecule has 0 saturated carbocycles. The number of esters is 1. The van der Waals surface area contributed by atoms with E-state index in [1.54, 1.807) is 36.4 Å². The quantitative estimate of drug-likeness (QED) is 0.291. The first kappa shape index (κ1) is 19.4. The monoisotopic (exact) mass is 353 g/mol. The standard InChI is InChI=1S/C21H23NO4/c1-2-20(23)26-16-14-22-13-6-15-25-19-11-9-18(10-12-19)21(24)17-7-4-3-5-8-17/h2-5,7-12,22H,1,6,13-16H2. The van der Waals surface area contributed by atoms with E-state index in [4.69, 9.17) is 9.47 Å². The van der Waals surface area contributed by atoms with Crippen LogP contribution in [0, 0.1) is 0 Å². The maximum absolute atomic E-state index is 12.3. The van der Waals surface area contributed by atoms with E-state index in [0.717, 1.165) is 24.8 Å². The molecule has 0 radical (unpaired) electrons. The van der Waals surface area contributed by atoms with Crippen LogP contribution in [0.3, 0.4) is 0 Å². The van der Waals surface area contributed by atoms with Crippen molar-refractivity contribution in [2.75, 3.05) is 26.3 Å². The molecule has 0 bridgehead atoms. The maximum Gasteiger partial charge on any atom is 0.330 e. The minimum atomic E-state index is -0.413. The van der Waals surface area contributed by atoms with Gasteiger partial charge in [0.1, 0.15) is 12.4 Å². The first-order chi connectivity index (χ1) is 12.7. The van der Waals surface area contributed by atoms with Gasteiger partial charge in [0, 0.05) is 23.7 Å². The summed E-state index contributed by atoms with van der Waals surface area (Å²) in [6.07, 6.45) is 1.96. The normalized spacial score (nSPS) is 10.2. The van der Waals surface area contributed by atoms with E-state index < -0.39 is 5.97 Å². The predicted molar refractivity (Wildman–Crippen MR) is 100 cm³/mol. The molecular weight excluding hydrogens is 330 g/mol. The van der Waals surface area contributed by atoms with Crippen LogP contribution in [0.1, 0.15) is 22.3 Å². The number of hydrogen-bond donors (Lipinski definition) is 1. The van der Waals surface area contributed by atoms with Gasteiger partial charge in [0.25, 0.3) is 0 Å². The van der Waals surface area contributed by atoms with Crippen molar-refractivity contribution in [3.05, 3.63) is 78.4 Å². The third-order valence-corrected chi connectivity index (χ3v) is 3.61. The first-order valence-electron chi connectivity index (χ1n) is 8.53. The fourth-order valence-corrected chi connectivity index (χ4v) is 2.25. The molecule has 0 amide bonds. The third-order valence-electron chi connectivity index (χ3n) is 3.61. The van der Waals surface area contributed by atoms with E-state index >= 15 is 0 Å². The summed E-state index contributed by atoms with van der Waals surface area (Å²) >= 11 is 0. The van der Waals surface area contributed by atoms with E-state index in [-0.39, 0.29) is 5.78 Å². The molecule has 0 aliphatic rings. The molecule has 0 unspecified atom stereocenters. The van der Waals surface area contributed by atoms with Crippen molar-refractivity contribution < 1.29 is 19.1 Å². The Bertz CT molecular complexity index is 711. The molecule has 0 spiro atoms. The second-order valence-electron chi connectivity index (χ2n) is 5.54. The number of carbonyl (C=O) groups excluding carboxylic acids is 2. The van der Waals surface area contributed by atoms with Crippen molar-refractivity contribution in [1.82, 2.24) is 5.32 Å². The van der Waals surface area contributed by atoms with Gasteiger partial charge < -0.3 is 14.8 Å². The topological polar surface area (TPSA) is 64.6 Å². The molecule has 2 aromatic rings. The lowest BCUT2D eigenvalue weighted by Gasteiger charge is -2.08. The number of rotatable bonds is 11. The Hall–Kier alpha value is -2.92. The van der Waals surface area contributed by atoms with Gasteiger partial charge in [-0.1, -0.05) is 36.9 Å². The Labute approximate surface area is 153 Å². The lowest BCUT2D eigenvalue weighted by Crippen LogP contribution is -2.23. The molecule has 0 aliphatic carbocycles.